The van der Waals surface area contributed by atoms with Crippen molar-refractivity contribution in [2.24, 2.45) is 0 Å². The topological polar surface area (TPSA) is 23.4 Å². The van der Waals surface area contributed by atoms with E-state index in [4.69, 9.17) is 9.47 Å². The highest BCUT2D eigenvalue weighted by Gasteiger charge is 2.12. The van der Waals surface area contributed by atoms with Crippen molar-refractivity contribution in [1.82, 2.24) is 4.57 Å². The molecule has 0 unspecified atom stereocenters. The van der Waals surface area contributed by atoms with Crippen LogP contribution >= 0.6 is 0 Å². The number of nitrogens with zero attached hydrogens (tertiary/aromatic N) is 1. The first kappa shape index (κ1) is 15.5. The second-order valence-electron chi connectivity index (χ2n) is 6.09. The van der Waals surface area contributed by atoms with Crippen LogP contribution in [-0.2, 0) is 6.61 Å². The number of fused-ring (bicyclic) bond motifs is 1. The molecular weight excluding hydrogens is 286 g/mol. The van der Waals surface area contributed by atoms with E-state index in [9.17, 15) is 0 Å². The molecule has 0 amide bonds. The first-order valence-corrected chi connectivity index (χ1v) is 7.96. The zero-order valence-corrected chi connectivity index (χ0v) is 14.2. The lowest BCUT2D eigenvalue weighted by atomic mass is 10.1. The van der Waals surface area contributed by atoms with Gasteiger partial charge in [-0.3, -0.25) is 0 Å². The smallest absolute Gasteiger partial charge is 0.123 e. The van der Waals surface area contributed by atoms with E-state index in [2.05, 4.69) is 49.7 Å². The van der Waals surface area contributed by atoms with Crippen LogP contribution in [0.15, 0.2) is 48.7 Å². The molecule has 0 bridgehead atoms. The average Bonchev–Trinajstić information content (AvgIpc) is 2.94. The lowest BCUT2D eigenvalue weighted by molar-refractivity contribution is 0.304. The van der Waals surface area contributed by atoms with Gasteiger partial charge in [-0.1, -0.05) is 24.3 Å². The maximum Gasteiger partial charge on any atom is 0.123 e. The Morgan fingerprint density at radius 1 is 1.04 bits per heavy atom. The highest BCUT2D eigenvalue weighted by molar-refractivity contribution is 5.86. The van der Waals surface area contributed by atoms with Crippen LogP contribution in [0, 0.1) is 6.92 Å². The molecule has 0 N–H and O–H groups in total. The quantitative estimate of drug-likeness (QED) is 0.653. The Morgan fingerprint density at radius 3 is 2.52 bits per heavy atom. The fraction of sp³-hybridized carbons (Fsp3) is 0.300. The number of hydrogen-bond acceptors (Lipinski definition) is 2. The first-order chi connectivity index (χ1) is 11.1. The normalized spacial score (nSPS) is 11.2. The highest BCUT2D eigenvalue weighted by Crippen LogP contribution is 2.29. The molecule has 0 fully saturated rings. The number of hydrogen-bond donors (Lipinski definition) is 0. The van der Waals surface area contributed by atoms with Crippen LogP contribution in [-0.4, -0.2) is 11.7 Å². The Morgan fingerprint density at radius 2 is 1.78 bits per heavy atom. The minimum Gasteiger partial charge on any atom is -0.497 e. The molecular formula is C20H23NO2. The molecule has 3 nitrogen and oxygen atoms in total. The molecule has 0 aliphatic carbocycles. The summed E-state index contributed by atoms with van der Waals surface area (Å²) in [6, 6.07) is 14.6. The van der Waals surface area contributed by atoms with E-state index in [0.717, 1.165) is 11.5 Å². The molecule has 0 aliphatic rings. The van der Waals surface area contributed by atoms with Crippen LogP contribution < -0.4 is 9.47 Å². The number of aryl methyl sites for hydroxylation is 1. The van der Waals surface area contributed by atoms with Gasteiger partial charge in [0.25, 0.3) is 0 Å². The summed E-state index contributed by atoms with van der Waals surface area (Å²) in [5, 5.41) is 1.27. The lowest BCUT2D eigenvalue weighted by Gasteiger charge is -2.10. The minimum absolute atomic E-state index is 0.421. The summed E-state index contributed by atoms with van der Waals surface area (Å²) in [4.78, 5) is 0. The third-order valence-corrected chi connectivity index (χ3v) is 4.13. The molecule has 0 atom stereocenters. The number of aromatic nitrogens is 1. The van der Waals surface area contributed by atoms with Crippen molar-refractivity contribution in [2.75, 3.05) is 7.11 Å². The minimum atomic E-state index is 0.421. The molecule has 2 aromatic carbocycles. The van der Waals surface area contributed by atoms with Gasteiger partial charge >= 0.3 is 0 Å². The molecule has 1 aromatic heterocycles. The van der Waals surface area contributed by atoms with E-state index in [0.29, 0.717) is 12.6 Å². The van der Waals surface area contributed by atoms with Gasteiger partial charge in [0.2, 0.25) is 0 Å². The highest BCUT2D eigenvalue weighted by atomic mass is 16.5. The van der Waals surface area contributed by atoms with Crippen LogP contribution in [0.1, 0.15) is 31.0 Å². The maximum absolute atomic E-state index is 5.98. The average molecular weight is 309 g/mol. The van der Waals surface area contributed by atoms with Crippen LogP contribution in [0.3, 0.4) is 0 Å². The number of benzene rings is 2. The predicted molar refractivity (Wildman–Crippen MR) is 94.4 cm³/mol. The summed E-state index contributed by atoms with van der Waals surface area (Å²) in [5.41, 5.74) is 3.80. The van der Waals surface area contributed by atoms with E-state index >= 15 is 0 Å². The van der Waals surface area contributed by atoms with E-state index in [1.807, 2.05) is 24.3 Å². The Labute approximate surface area is 137 Å². The predicted octanol–water partition coefficient (Wildman–Crippen LogP) is 5.12. The molecule has 0 saturated carbocycles. The second kappa shape index (κ2) is 6.37. The van der Waals surface area contributed by atoms with Gasteiger partial charge in [0.1, 0.15) is 18.1 Å². The van der Waals surface area contributed by atoms with Gasteiger partial charge in [-0.05, 0) is 38.5 Å². The van der Waals surface area contributed by atoms with Crippen molar-refractivity contribution in [3.05, 3.63) is 59.8 Å². The molecule has 3 heteroatoms. The molecule has 0 radical (unpaired) electrons. The monoisotopic (exact) mass is 309 g/mol. The van der Waals surface area contributed by atoms with Crippen molar-refractivity contribution >= 4 is 10.9 Å². The largest absolute Gasteiger partial charge is 0.497 e. The summed E-state index contributed by atoms with van der Waals surface area (Å²) in [6.07, 6.45) is 2.21. The van der Waals surface area contributed by atoms with Crippen LogP contribution in [0.25, 0.3) is 10.9 Å². The van der Waals surface area contributed by atoms with Crippen molar-refractivity contribution in [2.45, 2.75) is 33.4 Å². The SMILES string of the molecule is COc1cccc(OCc2cn(C(C)C)c3c(C)cccc23)c1. The summed E-state index contributed by atoms with van der Waals surface area (Å²) in [7, 11) is 1.66. The number of methoxy groups -OCH3 is 1. The van der Waals surface area contributed by atoms with E-state index < -0.39 is 0 Å². The molecule has 3 aromatic rings. The summed E-state index contributed by atoms with van der Waals surface area (Å²) in [5.74, 6) is 1.63. The zero-order chi connectivity index (χ0) is 16.4. The molecule has 1 heterocycles. The maximum atomic E-state index is 5.98. The van der Waals surface area contributed by atoms with E-state index in [1.54, 1.807) is 7.11 Å². The van der Waals surface area contributed by atoms with Gasteiger partial charge in [0.15, 0.2) is 0 Å². The van der Waals surface area contributed by atoms with Crippen molar-refractivity contribution < 1.29 is 9.47 Å². The van der Waals surface area contributed by atoms with Crippen LogP contribution in [0.2, 0.25) is 0 Å². The third-order valence-electron chi connectivity index (χ3n) is 4.13. The summed E-state index contributed by atoms with van der Waals surface area (Å²) < 4.78 is 13.6. The fourth-order valence-corrected chi connectivity index (χ4v) is 2.94. The molecule has 23 heavy (non-hydrogen) atoms. The van der Waals surface area contributed by atoms with Crippen LogP contribution in [0.5, 0.6) is 11.5 Å². The summed E-state index contributed by atoms with van der Waals surface area (Å²) in [6.45, 7) is 7.12. The molecule has 0 aliphatic heterocycles. The first-order valence-electron chi connectivity index (χ1n) is 7.96. The Bertz CT molecular complexity index is 818. The number of ether oxygens (including phenoxy) is 2. The molecule has 0 saturated heterocycles. The number of rotatable bonds is 5. The Kier molecular flexibility index (Phi) is 4.28. The zero-order valence-electron chi connectivity index (χ0n) is 14.2. The molecule has 120 valence electrons. The van der Waals surface area contributed by atoms with Crippen molar-refractivity contribution in [1.29, 1.82) is 0 Å². The third kappa shape index (κ3) is 3.04. The van der Waals surface area contributed by atoms with E-state index in [-0.39, 0.29) is 0 Å². The van der Waals surface area contributed by atoms with Gasteiger partial charge < -0.3 is 14.0 Å². The molecule has 3 rings (SSSR count). The Balaban J connectivity index is 1.92. The number of para-hydroxylation sites is 1. The summed E-state index contributed by atoms with van der Waals surface area (Å²) >= 11 is 0. The van der Waals surface area contributed by atoms with Gasteiger partial charge in [-0.2, -0.15) is 0 Å². The Hall–Kier alpha value is -2.42. The van der Waals surface area contributed by atoms with Crippen LogP contribution in [0.4, 0.5) is 0 Å². The lowest BCUT2D eigenvalue weighted by Crippen LogP contribution is -1.99. The van der Waals surface area contributed by atoms with Gasteiger partial charge in [-0.15, -0.1) is 0 Å². The van der Waals surface area contributed by atoms with E-state index in [1.165, 1.54) is 22.0 Å². The fourth-order valence-electron chi connectivity index (χ4n) is 2.94. The molecule has 0 spiro atoms. The standard InChI is InChI=1S/C20H23NO2/c1-14(2)21-12-16(19-10-5-7-15(3)20(19)21)13-23-18-9-6-8-17(11-18)22-4/h5-12,14H,13H2,1-4H3. The van der Waals surface area contributed by atoms with Crippen molar-refractivity contribution in [3.8, 4) is 11.5 Å². The van der Waals surface area contributed by atoms with Gasteiger partial charge in [0.05, 0.1) is 12.6 Å². The van der Waals surface area contributed by atoms with Gasteiger partial charge in [0, 0.05) is 29.3 Å². The second-order valence-corrected chi connectivity index (χ2v) is 6.09. The van der Waals surface area contributed by atoms with Gasteiger partial charge in [-0.25, -0.2) is 0 Å². The van der Waals surface area contributed by atoms with Crippen molar-refractivity contribution in [3.63, 3.8) is 0 Å².